The Morgan fingerprint density at radius 3 is 2.65 bits per heavy atom. The van der Waals surface area contributed by atoms with Crippen LogP contribution in [0.5, 0.6) is 0 Å². The Hall–Kier alpha value is -0.810. The number of ether oxygens (including phenoxy) is 2. The van der Waals surface area contributed by atoms with Crippen LogP contribution in [0.1, 0.15) is 33.6 Å². The minimum Gasteiger partial charge on any atom is -0.444 e. The van der Waals surface area contributed by atoms with E-state index in [1.165, 1.54) is 0 Å². The molecule has 2 bridgehead atoms. The van der Waals surface area contributed by atoms with Crippen molar-refractivity contribution in [1.29, 1.82) is 0 Å². The van der Waals surface area contributed by atoms with Crippen LogP contribution in [0.2, 0.25) is 0 Å². The third kappa shape index (κ3) is 2.72. The number of alkyl carbamates (subject to hydrolysis) is 1. The fourth-order valence-corrected chi connectivity index (χ4v) is 2.72. The molecule has 0 aromatic rings. The number of amides is 1. The highest BCUT2D eigenvalue weighted by Gasteiger charge is 2.49. The van der Waals surface area contributed by atoms with Crippen LogP contribution in [0.15, 0.2) is 0 Å². The Morgan fingerprint density at radius 1 is 1.41 bits per heavy atom. The van der Waals surface area contributed by atoms with E-state index < -0.39 is 5.60 Å². The predicted molar refractivity (Wildman–Crippen MR) is 63.6 cm³/mol. The van der Waals surface area contributed by atoms with Crippen molar-refractivity contribution in [1.82, 2.24) is 5.32 Å². The second-order valence-corrected chi connectivity index (χ2v) is 5.86. The van der Waals surface area contributed by atoms with E-state index in [-0.39, 0.29) is 30.3 Å². The van der Waals surface area contributed by atoms with Crippen LogP contribution in [0.4, 0.5) is 4.79 Å². The SMILES string of the molecule is CC(C)(C)OC(=O)NC1C2CCC(O2)C1CN. The Morgan fingerprint density at radius 2 is 2.06 bits per heavy atom. The van der Waals surface area contributed by atoms with Crippen LogP contribution in [0.25, 0.3) is 0 Å². The Balaban J connectivity index is 1.92. The van der Waals surface area contributed by atoms with Crippen molar-refractivity contribution in [3.05, 3.63) is 0 Å². The van der Waals surface area contributed by atoms with E-state index in [1.54, 1.807) is 0 Å². The molecular weight excluding hydrogens is 220 g/mol. The lowest BCUT2D eigenvalue weighted by molar-refractivity contribution is 0.0458. The van der Waals surface area contributed by atoms with Crippen LogP contribution in [0.3, 0.4) is 0 Å². The zero-order valence-electron chi connectivity index (χ0n) is 10.7. The largest absolute Gasteiger partial charge is 0.444 e. The van der Waals surface area contributed by atoms with Crippen molar-refractivity contribution >= 4 is 6.09 Å². The second kappa shape index (κ2) is 4.46. The van der Waals surface area contributed by atoms with Crippen LogP contribution in [0, 0.1) is 5.92 Å². The van der Waals surface area contributed by atoms with Gasteiger partial charge in [0.2, 0.25) is 0 Å². The Labute approximate surface area is 102 Å². The molecule has 0 radical (unpaired) electrons. The van der Waals surface area contributed by atoms with E-state index in [4.69, 9.17) is 15.2 Å². The zero-order chi connectivity index (χ0) is 12.6. The molecule has 2 fully saturated rings. The first-order chi connectivity index (χ1) is 7.90. The lowest BCUT2D eigenvalue weighted by Crippen LogP contribution is -2.50. The van der Waals surface area contributed by atoms with Crippen molar-refractivity contribution in [2.75, 3.05) is 6.54 Å². The summed E-state index contributed by atoms with van der Waals surface area (Å²) in [6.45, 7) is 6.10. The maximum atomic E-state index is 11.7. The van der Waals surface area contributed by atoms with Gasteiger partial charge in [0.05, 0.1) is 18.2 Å². The lowest BCUT2D eigenvalue weighted by atomic mass is 9.84. The Bertz CT molecular complexity index is 301. The molecule has 2 aliphatic heterocycles. The van der Waals surface area contributed by atoms with Crippen molar-refractivity contribution in [3.8, 4) is 0 Å². The third-order valence-electron chi connectivity index (χ3n) is 3.38. The first kappa shape index (κ1) is 12.6. The van der Waals surface area contributed by atoms with E-state index in [1.807, 2.05) is 20.8 Å². The second-order valence-electron chi connectivity index (χ2n) is 5.86. The van der Waals surface area contributed by atoms with Gasteiger partial charge in [-0.1, -0.05) is 0 Å². The molecule has 0 spiro atoms. The Kier molecular flexibility index (Phi) is 3.32. The van der Waals surface area contributed by atoms with E-state index in [0.29, 0.717) is 6.54 Å². The van der Waals surface area contributed by atoms with Crippen molar-refractivity contribution in [3.63, 3.8) is 0 Å². The van der Waals surface area contributed by atoms with Gasteiger partial charge in [0, 0.05) is 5.92 Å². The molecule has 2 heterocycles. The number of nitrogens with one attached hydrogen (secondary N) is 1. The summed E-state index contributed by atoms with van der Waals surface area (Å²) >= 11 is 0. The van der Waals surface area contributed by atoms with E-state index in [2.05, 4.69) is 5.32 Å². The van der Waals surface area contributed by atoms with Gasteiger partial charge in [-0.05, 0) is 40.2 Å². The molecule has 0 saturated carbocycles. The smallest absolute Gasteiger partial charge is 0.407 e. The fourth-order valence-electron chi connectivity index (χ4n) is 2.72. The maximum absolute atomic E-state index is 11.7. The van der Waals surface area contributed by atoms with Crippen LogP contribution >= 0.6 is 0 Å². The van der Waals surface area contributed by atoms with Crippen molar-refractivity contribution < 1.29 is 14.3 Å². The summed E-state index contributed by atoms with van der Waals surface area (Å²) in [7, 11) is 0. The molecule has 2 saturated heterocycles. The molecule has 4 unspecified atom stereocenters. The molecule has 17 heavy (non-hydrogen) atoms. The first-order valence-electron chi connectivity index (χ1n) is 6.26. The number of rotatable bonds is 2. The average Bonchev–Trinajstić information content (AvgIpc) is 2.74. The molecule has 4 atom stereocenters. The molecule has 2 rings (SSSR count). The third-order valence-corrected chi connectivity index (χ3v) is 3.38. The van der Waals surface area contributed by atoms with Crippen molar-refractivity contribution in [2.24, 2.45) is 11.7 Å². The zero-order valence-corrected chi connectivity index (χ0v) is 10.7. The van der Waals surface area contributed by atoms with Crippen LogP contribution in [-0.2, 0) is 9.47 Å². The van der Waals surface area contributed by atoms with E-state index in [0.717, 1.165) is 12.8 Å². The summed E-state index contributed by atoms with van der Waals surface area (Å²) in [5.41, 5.74) is 5.27. The highest BCUT2D eigenvalue weighted by molar-refractivity contribution is 5.68. The van der Waals surface area contributed by atoms with Gasteiger partial charge >= 0.3 is 6.09 Å². The highest BCUT2D eigenvalue weighted by Crippen LogP contribution is 2.38. The molecule has 5 heteroatoms. The normalized spacial score (nSPS) is 36.0. The number of carbonyl (C=O) groups is 1. The molecule has 0 aromatic carbocycles. The molecule has 1 amide bonds. The van der Waals surface area contributed by atoms with E-state index in [9.17, 15) is 4.79 Å². The number of hydrogen-bond acceptors (Lipinski definition) is 4. The van der Waals surface area contributed by atoms with Gasteiger partial charge in [0.1, 0.15) is 5.60 Å². The number of carbonyl (C=O) groups excluding carboxylic acids is 1. The highest BCUT2D eigenvalue weighted by atomic mass is 16.6. The van der Waals surface area contributed by atoms with Gasteiger partial charge in [-0.3, -0.25) is 0 Å². The van der Waals surface area contributed by atoms with Gasteiger partial charge in [-0.25, -0.2) is 4.79 Å². The average molecular weight is 242 g/mol. The van der Waals surface area contributed by atoms with E-state index >= 15 is 0 Å². The van der Waals surface area contributed by atoms with Gasteiger partial charge in [0.15, 0.2) is 0 Å². The molecule has 0 aromatic heterocycles. The molecule has 2 aliphatic rings. The summed E-state index contributed by atoms with van der Waals surface area (Å²) in [6, 6.07) is 0.00796. The predicted octanol–water partition coefficient (Wildman–Crippen LogP) is 1.02. The molecule has 5 nitrogen and oxygen atoms in total. The minimum absolute atomic E-state index is 0.00796. The summed E-state index contributed by atoms with van der Waals surface area (Å²) in [6.07, 6.45) is 2.00. The number of nitrogens with two attached hydrogens (primary N) is 1. The van der Waals surface area contributed by atoms with Crippen LogP contribution in [-0.4, -0.2) is 36.5 Å². The first-order valence-corrected chi connectivity index (χ1v) is 6.26. The lowest BCUT2D eigenvalue weighted by Gasteiger charge is -2.29. The van der Waals surface area contributed by atoms with Gasteiger partial charge in [-0.2, -0.15) is 0 Å². The summed E-state index contributed by atoms with van der Waals surface area (Å²) in [4.78, 5) is 11.7. The summed E-state index contributed by atoms with van der Waals surface area (Å²) in [5, 5.41) is 2.90. The monoisotopic (exact) mass is 242 g/mol. The number of fused-ring (bicyclic) bond motifs is 2. The standard InChI is InChI=1S/C12H22N2O3/c1-12(2,3)17-11(15)14-10-7(6-13)8-4-5-9(10)16-8/h7-10H,4-6,13H2,1-3H3,(H,14,15). The summed E-state index contributed by atoms with van der Waals surface area (Å²) < 4.78 is 11.0. The van der Waals surface area contributed by atoms with Gasteiger partial charge in [0.25, 0.3) is 0 Å². The van der Waals surface area contributed by atoms with Gasteiger partial charge in [-0.15, -0.1) is 0 Å². The minimum atomic E-state index is -0.471. The molecular formula is C12H22N2O3. The van der Waals surface area contributed by atoms with Crippen molar-refractivity contribution in [2.45, 2.75) is 57.5 Å². The quantitative estimate of drug-likeness (QED) is 0.758. The summed E-state index contributed by atoms with van der Waals surface area (Å²) in [5.74, 6) is 0.223. The van der Waals surface area contributed by atoms with Gasteiger partial charge < -0.3 is 20.5 Å². The molecule has 98 valence electrons. The topological polar surface area (TPSA) is 73.6 Å². The van der Waals surface area contributed by atoms with Crippen LogP contribution < -0.4 is 11.1 Å². The molecule has 0 aliphatic carbocycles. The maximum Gasteiger partial charge on any atom is 0.407 e. The number of hydrogen-bond donors (Lipinski definition) is 2. The fraction of sp³-hybridized carbons (Fsp3) is 0.917. The molecule has 3 N–H and O–H groups in total.